The molecule has 5 nitrogen and oxygen atoms in total. The number of hydrogen-bond donors (Lipinski definition) is 0. The van der Waals surface area contributed by atoms with Gasteiger partial charge in [-0.15, -0.1) is 0 Å². The SMILES string of the molecule is COc1cccc(C(=O)N=c2sc3c4ccccc4ccc3n2C)c1OC. The summed E-state index contributed by atoms with van der Waals surface area (Å²) >= 11 is 1.50. The summed E-state index contributed by atoms with van der Waals surface area (Å²) in [6, 6.07) is 17.5. The third-order valence-corrected chi connectivity index (χ3v) is 5.71. The highest BCUT2D eigenvalue weighted by Crippen LogP contribution is 2.31. The number of fused-ring (bicyclic) bond motifs is 3. The van der Waals surface area contributed by atoms with Gasteiger partial charge in [0.05, 0.1) is 30.0 Å². The van der Waals surface area contributed by atoms with Crippen molar-refractivity contribution in [3.05, 3.63) is 65.0 Å². The van der Waals surface area contributed by atoms with Crippen LogP contribution < -0.4 is 14.3 Å². The van der Waals surface area contributed by atoms with Gasteiger partial charge in [0.2, 0.25) is 0 Å². The lowest BCUT2D eigenvalue weighted by Crippen LogP contribution is -2.13. The Balaban J connectivity index is 1.90. The lowest BCUT2D eigenvalue weighted by Gasteiger charge is -2.09. The van der Waals surface area contributed by atoms with E-state index < -0.39 is 0 Å². The van der Waals surface area contributed by atoms with E-state index >= 15 is 0 Å². The molecule has 0 aliphatic rings. The molecule has 0 saturated carbocycles. The van der Waals surface area contributed by atoms with Gasteiger partial charge in [0, 0.05) is 12.4 Å². The zero-order valence-electron chi connectivity index (χ0n) is 15.2. The summed E-state index contributed by atoms with van der Waals surface area (Å²) in [4.78, 5) is 17.8. The first kappa shape index (κ1) is 17.3. The molecule has 0 fully saturated rings. The Morgan fingerprint density at radius 3 is 2.59 bits per heavy atom. The number of thiazole rings is 1. The molecule has 6 heteroatoms. The van der Waals surface area contributed by atoms with Crippen LogP contribution in [0.15, 0.2) is 59.6 Å². The second-order valence-electron chi connectivity index (χ2n) is 6.04. The molecule has 1 heterocycles. The molecule has 1 aromatic heterocycles. The van der Waals surface area contributed by atoms with E-state index in [0.29, 0.717) is 21.9 Å². The minimum Gasteiger partial charge on any atom is -0.493 e. The Labute approximate surface area is 160 Å². The molecule has 0 aliphatic heterocycles. The van der Waals surface area contributed by atoms with Crippen molar-refractivity contribution >= 4 is 38.2 Å². The quantitative estimate of drug-likeness (QED) is 0.538. The van der Waals surface area contributed by atoms with Crippen molar-refractivity contribution in [2.24, 2.45) is 12.0 Å². The molecule has 0 atom stereocenters. The van der Waals surface area contributed by atoms with E-state index in [2.05, 4.69) is 29.3 Å². The van der Waals surface area contributed by atoms with E-state index in [-0.39, 0.29) is 5.91 Å². The minimum absolute atomic E-state index is 0.364. The van der Waals surface area contributed by atoms with Crippen LogP contribution in [0.4, 0.5) is 0 Å². The van der Waals surface area contributed by atoms with Crippen LogP contribution in [0.1, 0.15) is 10.4 Å². The smallest absolute Gasteiger partial charge is 0.283 e. The standard InChI is InChI=1S/C21H18N2O3S/c1-23-16-12-11-13-7-4-5-8-14(13)19(16)27-21(23)22-20(24)15-9-6-10-17(25-2)18(15)26-3/h4-12H,1-3H3. The number of rotatable bonds is 3. The van der Waals surface area contributed by atoms with Gasteiger partial charge in [-0.3, -0.25) is 4.79 Å². The number of nitrogens with zero attached hydrogens (tertiary/aromatic N) is 2. The zero-order chi connectivity index (χ0) is 19.0. The second kappa shape index (κ2) is 6.89. The van der Waals surface area contributed by atoms with Gasteiger partial charge in [-0.05, 0) is 23.6 Å². The van der Waals surface area contributed by atoms with Crippen LogP contribution in [-0.4, -0.2) is 24.7 Å². The number of para-hydroxylation sites is 1. The number of ether oxygens (including phenoxy) is 2. The molecule has 0 aliphatic carbocycles. The Bertz CT molecular complexity index is 1240. The van der Waals surface area contributed by atoms with E-state index in [1.165, 1.54) is 23.8 Å². The lowest BCUT2D eigenvalue weighted by molar-refractivity contribution is 0.0994. The van der Waals surface area contributed by atoms with Gasteiger partial charge < -0.3 is 14.0 Å². The van der Waals surface area contributed by atoms with Crippen molar-refractivity contribution in [1.29, 1.82) is 0 Å². The summed E-state index contributed by atoms with van der Waals surface area (Å²) in [5.74, 6) is 0.533. The summed E-state index contributed by atoms with van der Waals surface area (Å²) in [6.07, 6.45) is 0. The summed E-state index contributed by atoms with van der Waals surface area (Å²) in [5, 5.41) is 2.32. The predicted octanol–water partition coefficient (Wildman–Crippen LogP) is 4.15. The topological polar surface area (TPSA) is 52.8 Å². The number of amides is 1. The van der Waals surface area contributed by atoms with Gasteiger partial charge in [0.1, 0.15) is 0 Å². The first-order valence-electron chi connectivity index (χ1n) is 8.41. The lowest BCUT2D eigenvalue weighted by atomic mass is 10.1. The fourth-order valence-electron chi connectivity index (χ4n) is 3.17. The van der Waals surface area contributed by atoms with Gasteiger partial charge in [-0.2, -0.15) is 4.99 Å². The van der Waals surface area contributed by atoms with E-state index in [4.69, 9.17) is 9.47 Å². The van der Waals surface area contributed by atoms with E-state index in [9.17, 15) is 4.79 Å². The van der Waals surface area contributed by atoms with Crippen molar-refractivity contribution in [3.8, 4) is 11.5 Å². The van der Waals surface area contributed by atoms with Crippen LogP contribution >= 0.6 is 11.3 Å². The molecular weight excluding hydrogens is 360 g/mol. The Morgan fingerprint density at radius 1 is 1.00 bits per heavy atom. The molecule has 0 radical (unpaired) electrons. The van der Waals surface area contributed by atoms with Gasteiger partial charge >= 0.3 is 0 Å². The van der Waals surface area contributed by atoms with E-state index in [1.807, 2.05) is 23.7 Å². The van der Waals surface area contributed by atoms with Gasteiger partial charge in [0.25, 0.3) is 5.91 Å². The molecule has 4 aromatic rings. The Morgan fingerprint density at radius 2 is 1.81 bits per heavy atom. The van der Waals surface area contributed by atoms with Crippen LogP contribution in [0.3, 0.4) is 0 Å². The molecule has 4 rings (SSSR count). The van der Waals surface area contributed by atoms with Crippen molar-refractivity contribution in [1.82, 2.24) is 4.57 Å². The highest BCUT2D eigenvalue weighted by atomic mass is 32.1. The van der Waals surface area contributed by atoms with E-state index in [1.54, 1.807) is 25.3 Å². The summed E-state index contributed by atoms with van der Waals surface area (Å²) in [5.41, 5.74) is 1.42. The van der Waals surface area contributed by atoms with Crippen molar-refractivity contribution < 1.29 is 14.3 Å². The molecule has 136 valence electrons. The van der Waals surface area contributed by atoms with Gasteiger partial charge in [0.15, 0.2) is 16.3 Å². The predicted molar refractivity (Wildman–Crippen MR) is 108 cm³/mol. The van der Waals surface area contributed by atoms with Gasteiger partial charge in [-0.1, -0.05) is 47.7 Å². The number of hydrogen-bond acceptors (Lipinski definition) is 4. The first-order chi connectivity index (χ1) is 13.1. The van der Waals surface area contributed by atoms with Crippen molar-refractivity contribution in [3.63, 3.8) is 0 Å². The molecule has 3 aromatic carbocycles. The Hall–Kier alpha value is -3.12. The second-order valence-corrected chi connectivity index (χ2v) is 7.01. The van der Waals surface area contributed by atoms with E-state index in [0.717, 1.165) is 15.6 Å². The maximum atomic E-state index is 12.8. The summed E-state index contributed by atoms with van der Waals surface area (Å²) < 4.78 is 13.7. The first-order valence-corrected chi connectivity index (χ1v) is 9.23. The zero-order valence-corrected chi connectivity index (χ0v) is 16.0. The fourth-order valence-corrected chi connectivity index (χ4v) is 4.32. The number of benzene rings is 3. The van der Waals surface area contributed by atoms with Crippen LogP contribution in [0.2, 0.25) is 0 Å². The molecule has 1 amide bonds. The number of carbonyl (C=O) groups is 1. The average molecular weight is 378 g/mol. The van der Waals surface area contributed by atoms with Crippen molar-refractivity contribution in [2.75, 3.05) is 14.2 Å². The largest absolute Gasteiger partial charge is 0.493 e. The maximum Gasteiger partial charge on any atom is 0.283 e. The monoisotopic (exact) mass is 378 g/mol. The van der Waals surface area contributed by atoms with Crippen LogP contribution in [0.25, 0.3) is 21.0 Å². The molecule has 0 bridgehead atoms. The van der Waals surface area contributed by atoms with Crippen LogP contribution in [0, 0.1) is 0 Å². The fraction of sp³-hybridized carbons (Fsp3) is 0.143. The minimum atomic E-state index is -0.364. The third kappa shape index (κ3) is 2.88. The molecule has 0 unspecified atom stereocenters. The van der Waals surface area contributed by atoms with Crippen LogP contribution in [0.5, 0.6) is 11.5 Å². The number of aromatic nitrogens is 1. The normalized spacial score (nSPS) is 11.9. The molecule has 0 N–H and O–H groups in total. The number of methoxy groups -OCH3 is 2. The molecule has 0 saturated heterocycles. The average Bonchev–Trinajstić information content (AvgIpc) is 3.03. The summed E-state index contributed by atoms with van der Waals surface area (Å²) in [7, 11) is 4.98. The van der Waals surface area contributed by atoms with Gasteiger partial charge in [-0.25, -0.2) is 0 Å². The number of aryl methyl sites for hydroxylation is 1. The van der Waals surface area contributed by atoms with Crippen LogP contribution in [-0.2, 0) is 7.05 Å². The Kier molecular flexibility index (Phi) is 4.41. The number of carbonyl (C=O) groups excluding carboxylic acids is 1. The molecule has 0 spiro atoms. The maximum absolute atomic E-state index is 12.8. The highest BCUT2D eigenvalue weighted by Gasteiger charge is 2.16. The third-order valence-electron chi connectivity index (χ3n) is 4.53. The molecular formula is C21H18N2O3S. The highest BCUT2D eigenvalue weighted by molar-refractivity contribution is 7.17. The van der Waals surface area contributed by atoms with Crippen molar-refractivity contribution in [2.45, 2.75) is 0 Å². The summed E-state index contributed by atoms with van der Waals surface area (Å²) in [6.45, 7) is 0. The molecule has 27 heavy (non-hydrogen) atoms.